The van der Waals surface area contributed by atoms with Crippen LogP contribution < -0.4 is 4.74 Å². The summed E-state index contributed by atoms with van der Waals surface area (Å²) >= 11 is 0. The number of aliphatic imine (C=N–C) groups is 2. The summed E-state index contributed by atoms with van der Waals surface area (Å²) < 4.78 is 5.17. The quantitative estimate of drug-likeness (QED) is 0.150. The van der Waals surface area contributed by atoms with E-state index in [0.717, 1.165) is 39.2 Å². The van der Waals surface area contributed by atoms with Gasteiger partial charge in [0.15, 0.2) is 0 Å². The molecule has 0 aromatic heterocycles. The topological polar surface area (TPSA) is 74.4 Å². The van der Waals surface area contributed by atoms with Gasteiger partial charge in [0.2, 0.25) is 0 Å². The van der Waals surface area contributed by atoms with Gasteiger partial charge in [0.1, 0.15) is 17.2 Å². The molecule has 0 amide bonds. The van der Waals surface area contributed by atoms with Crippen LogP contribution in [0.3, 0.4) is 0 Å². The predicted octanol–water partition coefficient (Wildman–Crippen LogP) is 11.3. The van der Waals surface area contributed by atoms with Crippen LogP contribution in [0.25, 0.3) is 0 Å². The molecule has 6 rings (SSSR count). The van der Waals surface area contributed by atoms with Crippen LogP contribution in [-0.2, 0) is 10.8 Å². The maximum atomic E-state index is 11.4. The van der Waals surface area contributed by atoms with Crippen LogP contribution in [-0.4, -0.2) is 29.8 Å². The third-order valence-corrected chi connectivity index (χ3v) is 9.28. The first-order chi connectivity index (χ1) is 24.5. The molecule has 5 heteroatoms. The lowest BCUT2D eigenvalue weighted by molar-refractivity contribution is 0.411. The van der Waals surface area contributed by atoms with Crippen molar-refractivity contribution in [3.63, 3.8) is 0 Å². The van der Waals surface area contributed by atoms with Crippen LogP contribution in [0.4, 0.5) is 11.4 Å². The molecule has 0 saturated heterocycles. The summed E-state index contributed by atoms with van der Waals surface area (Å²) in [6.45, 7) is 10.6. The number of hydrogen-bond donors (Lipinski definition) is 2. The number of rotatable bonds is 9. The van der Waals surface area contributed by atoms with Crippen LogP contribution in [0, 0.1) is 6.92 Å². The van der Waals surface area contributed by atoms with Crippen LogP contribution in [0.5, 0.6) is 17.2 Å². The number of phenols is 2. The van der Waals surface area contributed by atoms with Crippen molar-refractivity contribution >= 4 is 23.8 Å². The summed E-state index contributed by atoms with van der Waals surface area (Å²) in [6, 6.07) is 48.0. The maximum absolute atomic E-state index is 11.4. The van der Waals surface area contributed by atoms with Crippen LogP contribution in [0.2, 0.25) is 0 Å². The molecule has 0 atom stereocenters. The minimum absolute atomic E-state index is 0.232. The average molecular weight is 675 g/mol. The number of benzene rings is 6. The summed E-state index contributed by atoms with van der Waals surface area (Å²) in [5, 5.41) is 21.4. The van der Waals surface area contributed by atoms with E-state index >= 15 is 0 Å². The summed E-state index contributed by atoms with van der Waals surface area (Å²) in [6.07, 6.45) is 3.42. The van der Waals surface area contributed by atoms with Gasteiger partial charge in [-0.3, -0.25) is 9.98 Å². The largest absolute Gasteiger partial charge is 0.507 e. The van der Waals surface area contributed by atoms with E-state index in [0.29, 0.717) is 11.3 Å². The fourth-order valence-electron chi connectivity index (χ4n) is 5.93. The lowest BCUT2D eigenvalue weighted by atomic mass is 9.72. The Morgan fingerprint density at radius 3 is 1.41 bits per heavy atom. The number of nitrogens with zero attached hydrogens (tertiary/aromatic N) is 2. The van der Waals surface area contributed by atoms with E-state index in [1.54, 1.807) is 31.7 Å². The van der Waals surface area contributed by atoms with Gasteiger partial charge in [-0.05, 0) is 71.6 Å². The first-order valence-corrected chi connectivity index (χ1v) is 17.1. The van der Waals surface area contributed by atoms with Crippen molar-refractivity contribution in [3.05, 3.63) is 185 Å². The number of para-hydroxylation sites is 2. The summed E-state index contributed by atoms with van der Waals surface area (Å²) in [4.78, 5) is 8.96. The van der Waals surface area contributed by atoms with Gasteiger partial charge in [0.05, 0.1) is 18.5 Å². The normalized spacial score (nSPS) is 11.7. The molecule has 0 heterocycles. The van der Waals surface area contributed by atoms with E-state index in [2.05, 4.69) is 86.2 Å². The SMILES string of the molecule is CC(C)(c1ccccc1)c1cc(C=Nc2ccccc2)c(O)c(C(C)(C)c2ccccc2)c1.COc1cc(C)c(O)c(C=Nc2ccccc2)c1. The van der Waals surface area contributed by atoms with E-state index in [9.17, 15) is 10.2 Å². The first kappa shape index (κ1) is 36.3. The minimum Gasteiger partial charge on any atom is -0.507 e. The van der Waals surface area contributed by atoms with E-state index in [-0.39, 0.29) is 22.3 Å². The monoisotopic (exact) mass is 674 g/mol. The molecule has 0 bridgehead atoms. The van der Waals surface area contributed by atoms with Gasteiger partial charge >= 0.3 is 0 Å². The Morgan fingerprint density at radius 1 is 0.510 bits per heavy atom. The van der Waals surface area contributed by atoms with Crippen molar-refractivity contribution in [1.82, 2.24) is 0 Å². The molecule has 6 aromatic carbocycles. The Labute approximate surface area is 302 Å². The van der Waals surface area contributed by atoms with Crippen molar-refractivity contribution < 1.29 is 14.9 Å². The number of phenolic OH excluding ortho intramolecular Hbond substituents is 2. The Bertz CT molecular complexity index is 2090. The third kappa shape index (κ3) is 8.81. The number of methoxy groups -OCH3 is 1. The molecule has 0 radical (unpaired) electrons. The standard InChI is InChI=1S/C31H31NO.C15H15NO2/c1-30(2,24-14-8-5-9-15-24)26-20-23(22-32-27-18-12-7-13-19-27)29(33)28(21-26)31(3,4)25-16-10-6-11-17-25;1-11-8-14(18-2)9-12(15(11)17)10-16-13-6-4-3-5-7-13/h5-22,33H,1-4H3;3-10,17H,1-2H3. The van der Waals surface area contributed by atoms with E-state index < -0.39 is 0 Å². The van der Waals surface area contributed by atoms with Gasteiger partial charge in [-0.1, -0.05) is 131 Å². The number of aryl methyl sites for hydroxylation is 1. The molecule has 0 fully saturated rings. The number of ether oxygens (including phenoxy) is 1. The highest BCUT2D eigenvalue weighted by Crippen LogP contribution is 2.42. The van der Waals surface area contributed by atoms with Crippen molar-refractivity contribution in [2.75, 3.05) is 7.11 Å². The summed E-state index contributed by atoms with van der Waals surface area (Å²) in [5.74, 6) is 1.21. The van der Waals surface area contributed by atoms with Crippen LogP contribution >= 0.6 is 0 Å². The molecule has 0 aliphatic heterocycles. The zero-order valence-corrected chi connectivity index (χ0v) is 30.2. The van der Waals surface area contributed by atoms with Gasteiger partial charge in [-0.25, -0.2) is 0 Å². The van der Waals surface area contributed by atoms with Gasteiger partial charge < -0.3 is 14.9 Å². The number of hydrogen-bond acceptors (Lipinski definition) is 5. The molecule has 5 nitrogen and oxygen atoms in total. The first-order valence-electron chi connectivity index (χ1n) is 17.1. The Morgan fingerprint density at radius 2 is 0.941 bits per heavy atom. The minimum atomic E-state index is -0.385. The third-order valence-electron chi connectivity index (χ3n) is 9.28. The molecule has 258 valence electrons. The van der Waals surface area contributed by atoms with Crippen molar-refractivity contribution in [2.24, 2.45) is 9.98 Å². The average Bonchev–Trinajstić information content (AvgIpc) is 3.16. The van der Waals surface area contributed by atoms with E-state index in [1.165, 1.54) is 5.56 Å². The van der Waals surface area contributed by atoms with Crippen LogP contribution in [0.1, 0.15) is 66.6 Å². The lowest BCUT2D eigenvalue weighted by Gasteiger charge is -2.32. The molecule has 0 aliphatic carbocycles. The molecule has 51 heavy (non-hydrogen) atoms. The highest BCUT2D eigenvalue weighted by Gasteiger charge is 2.31. The van der Waals surface area contributed by atoms with E-state index in [1.807, 2.05) is 91.9 Å². The highest BCUT2D eigenvalue weighted by molar-refractivity contribution is 5.87. The van der Waals surface area contributed by atoms with Gasteiger partial charge in [0, 0.05) is 39.9 Å². The van der Waals surface area contributed by atoms with E-state index in [4.69, 9.17) is 4.74 Å². The predicted molar refractivity (Wildman–Crippen MR) is 212 cm³/mol. The van der Waals surface area contributed by atoms with Crippen molar-refractivity contribution in [2.45, 2.75) is 45.4 Å². The van der Waals surface area contributed by atoms with Crippen molar-refractivity contribution in [1.29, 1.82) is 0 Å². The summed E-state index contributed by atoms with van der Waals surface area (Å²) in [5.41, 5.74) is 7.62. The Balaban J connectivity index is 0.000000236. The van der Waals surface area contributed by atoms with Gasteiger partial charge in [-0.2, -0.15) is 0 Å². The summed E-state index contributed by atoms with van der Waals surface area (Å²) in [7, 11) is 1.60. The Kier molecular flexibility index (Phi) is 11.5. The Hall–Kier alpha value is -5.94. The fourth-order valence-corrected chi connectivity index (χ4v) is 5.93. The second-order valence-electron chi connectivity index (χ2n) is 13.5. The maximum Gasteiger partial charge on any atom is 0.128 e. The second kappa shape index (κ2) is 16.2. The fraction of sp³-hybridized carbons (Fsp3) is 0.174. The molecule has 0 aliphatic rings. The molecule has 0 saturated carbocycles. The second-order valence-corrected chi connectivity index (χ2v) is 13.5. The van der Waals surface area contributed by atoms with Crippen LogP contribution in [0.15, 0.2) is 156 Å². The molecular formula is C46H46N2O3. The number of aromatic hydroxyl groups is 2. The molecule has 2 N–H and O–H groups in total. The zero-order valence-electron chi connectivity index (χ0n) is 30.2. The van der Waals surface area contributed by atoms with Gasteiger partial charge in [-0.15, -0.1) is 0 Å². The van der Waals surface area contributed by atoms with Crippen molar-refractivity contribution in [3.8, 4) is 17.2 Å². The molecule has 6 aromatic rings. The molecular weight excluding hydrogens is 629 g/mol. The smallest absolute Gasteiger partial charge is 0.128 e. The molecule has 0 unspecified atom stereocenters. The highest BCUT2D eigenvalue weighted by atomic mass is 16.5. The lowest BCUT2D eigenvalue weighted by Crippen LogP contribution is -2.24. The zero-order chi connectivity index (χ0) is 36.4. The molecule has 0 spiro atoms. The van der Waals surface area contributed by atoms with Gasteiger partial charge in [0.25, 0.3) is 0 Å².